The maximum absolute atomic E-state index is 9.71. The lowest BCUT2D eigenvalue weighted by molar-refractivity contribution is 0.520. The Bertz CT molecular complexity index is 3380. The zero-order valence-corrected chi connectivity index (χ0v) is 32.2. The minimum Gasteiger partial charge on any atom is -0.455 e. The van der Waals surface area contributed by atoms with E-state index in [1.54, 1.807) is 50.2 Å². The van der Waals surface area contributed by atoms with Crippen LogP contribution in [0.4, 0.5) is 0 Å². The van der Waals surface area contributed by atoms with Crippen molar-refractivity contribution in [3.63, 3.8) is 0 Å². The number of nitrogens with zero attached hydrogens (tertiary/aromatic N) is 4. The van der Waals surface area contributed by atoms with Crippen molar-refractivity contribution in [1.29, 1.82) is 5.26 Å². The number of aryl methyl sites for hydroxylation is 4. The molecule has 4 aromatic heterocycles. The number of rotatable bonds is 12. The normalized spacial score (nSPS) is 15.7. The quantitative estimate of drug-likeness (QED) is 0.123. The number of nitriles is 1. The second-order valence-corrected chi connectivity index (χ2v) is 14.5. The highest BCUT2D eigenvalue weighted by Gasteiger charge is 2.23. The molecule has 286 valence electrons. The van der Waals surface area contributed by atoms with Gasteiger partial charge in [-0.2, -0.15) is 5.26 Å². The molecule has 5 nitrogen and oxygen atoms in total. The average molecular weight is 777 g/mol. The summed E-state index contributed by atoms with van der Waals surface area (Å²) in [6.45, 7) is 3.11. The molecule has 9 rings (SSSR count). The highest BCUT2D eigenvalue weighted by atomic mass is 16.3. The van der Waals surface area contributed by atoms with Crippen molar-refractivity contribution in [2.24, 2.45) is 0 Å². The first kappa shape index (κ1) is 26.0. The van der Waals surface area contributed by atoms with Gasteiger partial charge in [0.15, 0.2) is 0 Å². The van der Waals surface area contributed by atoms with Crippen LogP contribution >= 0.6 is 0 Å². The summed E-state index contributed by atoms with van der Waals surface area (Å²) in [5, 5.41) is 10.7. The minimum atomic E-state index is -2.93. The van der Waals surface area contributed by atoms with E-state index in [0.717, 1.165) is 17.2 Å². The Morgan fingerprint density at radius 2 is 1.15 bits per heavy atom. The number of para-hydroxylation sites is 1. The summed E-state index contributed by atoms with van der Waals surface area (Å²) in [6, 6.07) is 39.7. The van der Waals surface area contributed by atoms with Crippen LogP contribution in [0.15, 0.2) is 175 Å². The van der Waals surface area contributed by atoms with Gasteiger partial charge in [0.25, 0.3) is 0 Å². The Morgan fingerprint density at radius 1 is 0.593 bits per heavy atom. The number of fused-ring (bicyclic) bond motifs is 3. The largest absolute Gasteiger partial charge is 0.455 e. The maximum atomic E-state index is 9.71. The highest BCUT2D eigenvalue weighted by Crippen LogP contribution is 2.36. The van der Waals surface area contributed by atoms with E-state index in [4.69, 9.17) is 7.16 Å². The molecule has 0 N–H and O–H groups in total. The van der Waals surface area contributed by atoms with Crippen LogP contribution in [0.2, 0.25) is 0 Å². The fraction of sp³-hybridized carbons (Fsp3) is 0.148. The first-order chi connectivity index (χ1) is 33.5. The monoisotopic (exact) mass is 776 g/mol. The molecule has 0 saturated heterocycles. The molecule has 0 aliphatic carbocycles. The third-order valence-corrected chi connectivity index (χ3v) is 9.98. The Labute approximate surface area is 362 Å². The molecule has 0 bridgehead atoms. The van der Waals surface area contributed by atoms with Crippen LogP contribution in [0.25, 0.3) is 55.7 Å². The van der Waals surface area contributed by atoms with E-state index in [0.29, 0.717) is 39.0 Å². The van der Waals surface area contributed by atoms with Crippen molar-refractivity contribution >= 4 is 21.9 Å². The smallest absolute Gasteiger partial charge is 0.144 e. The van der Waals surface area contributed by atoms with Gasteiger partial charge in [-0.15, -0.1) is 0 Å². The molecule has 0 aliphatic heterocycles. The van der Waals surface area contributed by atoms with Gasteiger partial charge in [0.1, 0.15) is 11.2 Å². The molecular weight excluding hydrogens is 721 g/mol. The first-order valence-electron chi connectivity index (χ1n) is 25.1. The topological polar surface area (TPSA) is 75.6 Å². The molecule has 0 atom stereocenters. The fourth-order valence-corrected chi connectivity index (χ4v) is 6.91. The minimum absolute atomic E-state index is 0.0530. The fourth-order valence-electron chi connectivity index (χ4n) is 6.91. The lowest BCUT2D eigenvalue weighted by Gasteiger charge is -2.27. The molecule has 9 aromatic rings. The van der Waals surface area contributed by atoms with E-state index >= 15 is 0 Å². The van der Waals surface area contributed by atoms with Crippen LogP contribution in [-0.4, -0.2) is 15.0 Å². The van der Waals surface area contributed by atoms with Gasteiger partial charge in [0, 0.05) is 59.8 Å². The second kappa shape index (κ2) is 16.4. The lowest BCUT2D eigenvalue weighted by atomic mass is 9.77. The number of furan rings is 1. The second-order valence-electron chi connectivity index (χ2n) is 14.5. The number of aromatic nitrogens is 3. The molecule has 0 radical (unpaired) electrons. The van der Waals surface area contributed by atoms with Crippen LogP contribution in [0, 0.1) is 11.3 Å². The van der Waals surface area contributed by atoms with Crippen LogP contribution in [0.1, 0.15) is 69.2 Å². The van der Waals surface area contributed by atoms with Crippen LogP contribution in [0.3, 0.4) is 0 Å². The summed E-state index contributed by atoms with van der Waals surface area (Å²) in [5.41, 5.74) is 1.46. The molecule has 5 heteroatoms. The van der Waals surface area contributed by atoms with Crippen molar-refractivity contribution in [2.45, 2.75) is 51.1 Å². The van der Waals surface area contributed by atoms with Crippen LogP contribution in [0.5, 0.6) is 0 Å². The first-order valence-corrected chi connectivity index (χ1v) is 19.1. The standard InChI is InChI=1S/C54H44N4O/c1-54(2,32-42-23-27-51(58-36-42)48-15-9-14-47-46-24-20-41(33-55)31-52(46)59-53(47)48)45-29-39(18-16-37-21-25-49(56-34-37)43-10-5-3-6-11-43)28-40(30-45)19-17-38-22-26-50(57-35-38)44-12-7-4-8-13-44/h3-15,20-31,34-36H,16-19,32H2,1-2H3/i16D2,17D2,18D2,19D2,20D,31D,32D2. The summed E-state index contributed by atoms with van der Waals surface area (Å²) in [4.78, 5) is 13.5. The van der Waals surface area contributed by atoms with Crippen molar-refractivity contribution in [2.75, 3.05) is 0 Å². The van der Waals surface area contributed by atoms with E-state index in [2.05, 4.69) is 15.0 Å². The van der Waals surface area contributed by atoms with Crippen molar-refractivity contribution in [3.8, 4) is 39.8 Å². The third-order valence-electron chi connectivity index (χ3n) is 9.98. The van der Waals surface area contributed by atoms with Gasteiger partial charge in [-0.05, 0) is 113 Å². The molecular formula is C54H44N4O. The van der Waals surface area contributed by atoms with Gasteiger partial charge in [-0.1, -0.05) is 123 Å². The van der Waals surface area contributed by atoms with Gasteiger partial charge in [0.05, 0.1) is 31.5 Å². The number of benzene rings is 5. The SMILES string of the molecule is [2H]c1cc2c(oc3c(-c4ccc(C([2H])([2H])C(C)(C)c5cc(C([2H])([2H])C([2H])([2H])c6ccc(-c7ccccc7)nc6)cc(C([2H])([2H])C([2H])([2H])c6ccc(-c7ccccc7)nc6)c5)cn4)cccc32)c([2H])c1C#N. The molecule has 5 aromatic carbocycles. The van der Waals surface area contributed by atoms with Gasteiger partial charge >= 0.3 is 0 Å². The third kappa shape index (κ3) is 8.30. The Hall–Kier alpha value is -7.16. The summed E-state index contributed by atoms with van der Waals surface area (Å²) in [5.74, 6) is 0. The van der Waals surface area contributed by atoms with Crippen LogP contribution in [-0.2, 0) is 37.3 Å². The number of hydrogen-bond donors (Lipinski definition) is 0. The van der Waals surface area contributed by atoms with E-state index < -0.39 is 37.3 Å². The van der Waals surface area contributed by atoms with E-state index in [1.165, 1.54) is 55.0 Å². The number of pyridine rings is 3. The predicted octanol–water partition coefficient (Wildman–Crippen LogP) is 12.7. The lowest BCUT2D eigenvalue weighted by Crippen LogP contribution is -2.21. The van der Waals surface area contributed by atoms with Gasteiger partial charge in [0.2, 0.25) is 0 Å². The number of hydrogen-bond acceptors (Lipinski definition) is 5. The summed E-state index contributed by atoms with van der Waals surface area (Å²) in [7, 11) is 0. The zero-order valence-electron chi connectivity index (χ0n) is 44.2. The Kier molecular flexibility index (Phi) is 7.20. The average Bonchev–Trinajstić information content (AvgIpc) is 3.75. The molecule has 0 unspecified atom stereocenters. The summed E-state index contributed by atoms with van der Waals surface area (Å²) in [6.07, 6.45) is -9.95. The van der Waals surface area contributed by atoms with Crippen molar-refractivity contribution in [3.05, 3.63) is 209 Å². The molecule has 0 fully saturated rings. The molecule has 0 saturated carbocycles. The Morgan fingerprint density at radius 3 is 1.71 bits per heavy atom. The molecule has 0 spiro atoms. The maximum Gasteiger partial charge on any atom is 0.144 e. The predicted molar refractivity (Wildman–Crippen MR) is 239 cm³/mol. The Balaban J connectivity index is 1.13. The molecule has 59 heavy (non-hydrogen) atoms. The molecule has 0 amide bonds. The zero-order chi connectivity index (χ0) is 50.9. The van der Waals surface area contributed by atoms with Gasteiger partial charge in [-0.3, -0.25) is 15.0 Å². The van der Waals surface area contributed by atoms with Gasteiger partial charge < -0.3 is 4.42 Å². The van der Waals surface area contributed by atoms with E-state index in [-0.39, 0.29) is 56.6 Å². The molecule has 0 aliphatic rings. The van der Waals surface area contributed by atoms with Crippen molar-refractivity contribution in [1.82, 2.24) is 15.0 Å². The van der Waals surface area contributed by atoms with E-state index in [1.807, 2.05) is 66.7 Å². The summed E-state index contributed by atoms with van der Waals surface area (Å²) < 4.78 is 118. The van der Waals surface area contributed by atoms with Crippen LogP contribution < -0.4 is 0 Å². The highest BCUT2D eigenvalue weighted by molar-refractivity contribution is 6.09. The van der Waals surface area contributed by atoms with E-state index in [9.17, 15) is 19.0 Å². The van der Waals surface area contributed by atoms with Crippen molar-refractivity contribution < 1.29 is 20.9 Å². The summed E-state index contributed by atoms with van der Waals surface area (Å²) >= 11 is 0. The van der Waals surface area contributed by atoms with Gasteiger partial charge in [-0.25, -0.2) is 0 Å². The molecule has 4 heterocycles.